The first kappa shape index (κ1) is 15.8. The Morgan fingerprint density at radius 3 is 2.68 bits per heavy atom. The normalized spacial score (nSPS) is 10.8. The van der Waals surface area contributed by atoms with Crippen LogP contribution in [0.1, 0.15) is 26.7 Å². The second-order valence-electron chi connectivity index (χ2n) is 5.53. The summed E-state index contributed by atoms with van der Waals surface area (Å²) in [6.45, 7) is 7.24. The summed E-state index contributed by atoms with van der Waals surface area (Å²) in [5.41, 5.74) is 1.17. The summed E-state index contributed by atoms with van der Waals surface area (Å²) >= 11 is 0. The number of benzene rings is 1. The Balaban J connectivity index is 2.14. The third-order valence-corrected chi connectivity index (χ3v) is 3.02. The van der Waals surface area contributed by atoms with Gasteiger partial charge in [0.05, 0.1) is 0 Å². The summed E-state index contributed by atoms with van der Waals surface area (Å²) in [7, 11) is 4.07. The summed E-state index contributed by atoms with van der Waals surface area (Å²) in [6.07, 6.45) is 2.53. The molecular weight excluding hydrogens is 236 g/mol. The lowest BCUT2D eigenvalue weighted by molar-refractivity contribution is 0.313. The van der Waals surface area contributed by atoms with Gasteiger partial charge < -0.3 is 15.0 Å². The second-order valence-corrected chi connectivity index (χ2v) is 5.53. The van der Waals surface area contributed by atoms with Crippen molar-refractivity contribution in [3.05, 3.63) is 24.3 Å². The Kier molecular flexibility index (Phi) is 7.34. The van der Waals surface area contributed by atoms with Crippen molar-refractivity contribution in [1.29, 1.82) is 0 Å². The van der Waals surface area contributed by atoms with Crippen LogP contribution in [0.4, 0.5) is 5.69 Å². The molecule has 0 heterocycles. The molecule has 0 saturated heterocycles. The van der Waals surface area contributed by atoms with Crippen LogP contribution >= 0.6 is 0 Å². The first-order valence-corrected chi connectivity index (χ1v) is 7.20. The number of nitrogens with zero attached hydrogens (tertiary/aromatic N) is 1. The first-order chi connectivity index (χ1) is 9.09. The van der Waals surface area contributed by atoms with Gasteiger partial charge in [0.2, 0.25) is 0 Å². The summed E-state index contributed by atoms with van der Waals surface area (Å²) in [6, 6.07) is 8.18. The molecule has 3 nitrogen and oxygen atoms in total. The first-order valence-electron chi connectivity index (χ1n) is 7.20. The molecule has 0 atom stereocenters. The molecule has 0 spiro atoms. The van der Waals surface area contributed by atoms with Crippen LogP contribution in [0, 0.1) is 5.92 Å². The number of ether oxygens (including phenoxy) is 1. The topological polar surface area (TPSA) is 24.5 Å². The molecule has 0 aliphatic carbocycles. The molecule has 0 aliphatic heterocycles. The van der Waals surface area contributed by atoms with E-state index in [1.807, 2.05) is 26.2 Å². The van der Waals surface area contributed by atoms with Gasteiger partial charge in [-0.25, -0.2) is 0 Å². The van der Waals surface area contributed by atoms with Gasteiger partial charge in [0.15, 0.2) is 0 Å². The van der Waals surface area contributed by atoms with Crippen molar-refractivity contribution >= 4 is 5.69 Å². The second kappa shape index (κ2) is 8.81. The van der Waals surface area contributed by atoms with Crippen LogP contribution in [-0.2, 0) is 0 Å². The third kappa shape index (κ3) is 7.06. The van der Waals surface area contributed by atoms with E-state index in [9.17, 15) is 0 Å². The van der Waals surface area contributed by atoms with E-state index in [4.69, 9.17) is 4.74 Å². The number of nitrogens with one attached hydrogen (secondary N) is 1. The molecule has 1 aromatic rings. The Hall–Kier alpha value is -1.22. The van der Waals surface area contributed by atoms with Gasteiger partial charge >= 0.3 is 0 Å². The zero-order valence-corrected chi connectivity index (χ0v) is 12.8. The van der Waals surface area contributed by atoms with Gasteiger partial charge in [-0.05, 0) is 37.4 Å². The number of rotatable bonds is 9. The molecule has 0 unspecified atom stereocenters. The predicted molar refractivity (Wildman–Crippen MR) is 83.2 cm³/mol. The van der Waals surface area contributed by atoms with Crippen LogP contribution in [-0.4, -0.2) is 33.8 Å². The minimum atomic E-state index is 0.721. The standard InChI is InChI=1S/C16H28N2O/c1-14(2)7-6-10-17-11-12-19-16-9-5-8-15(13-16)18(3)4/h5,8-9,13-14,17H,6-7,10-12H2,1-4H3. The minimum absolute atomic E-state index is 0.721. The van der Waals surface area contributed by atoms with E-state index in [1.165, 1.54) is 18.5 Å². The highest BCUT2D eigenvalue weighted by atomic mass is 16.5. The van der Waals surface area contributed by atoms with Crippen LogP contribution < -0.4 is 15.0 Å². The fourth-order valence-electron chi connectivity index (χ4n) is 1.85. The van der Waals surface area contributed by atoms with E-state index >= 15 is 0 Å². The summed E-state index contributed by atoms with van der Waals surface area (Å²) in [5, 5.41) is 3.41. The summed E-state index contributed by atoms with van der Waals surface area (Å²) < 4.78 is 5.74. The molecule has 3 heteroatoms. The molecule has 0 saturated carbocycles. The van der Waals surface area contributed by atoms with Crippen molar-refractivity contribution in [2.24, 2.45) is 5.92 Å². The Bertz CT molecular complexity index is 350. The molecule has 1 aromatic carbocycles. The van der Waals surface area contributed by atoms with Crippen molar-refractivity contribution in [2.45, 2.75) is 26.7 Å². The van der Waals surface area contributed by atoms with Crippen LogP contribution in [0.2, 0.25) is 0 Å². The number of anilines is 1. The lowest BCUT2D eigenvalue weighted by Crippen LogP contribution is -2.22. The Labute approximate surface area is 118 Å². The van der Waals surface area contributed by atoms with E-state index < -0.39 is 0 Å². The number of hydrogen-bond donors (Lipinski definition) is 1. The van der Waals surface area contributed by atoms with Crippen molar-refractivity contribution in [2.75, 3.05) is 38.7 Å². The van der Waals surface area contributed by atoms with Gasteiger partial charge in [-0.2, -0.15) is 0 Å². The highest BCUT2D eigenvalue weighted by Crippen LogP contribution is 2.18. The van der Waals surface area contributed by atoms with E-state index in [2.05, 4.69) is 36.2 Å². The minimum Gasteiger partial charge on any atom is -0.492 e. The summed E-state index contributed by atoms with van der Waals surface area (Å²) in [4.78, 5) is 2.08. The van der Waals surface area contributed by atoms with Gasteiger partial charge in [-0.15, -0.1) is 0 Å². The molecule has 0 amide bonds. The maximum absolute atomic E-state index is 5.74. The molecule has 0 bridgehead atoms. The average Bonchev–Trinajstić information content (AvgIpc) is 2.37. The lowest BCUT2D eigenvalue weighted by Gasteiger charge is -2.14. The molecule has 0 aromatic heterocycles. The van der Waals surface area contributed by atoms with Gasteiger partial charge in [0.25, 0.3) is 0 Å². The zero-order valence-electron chi connectivity index (χ0n) is 12.8. The Morgan fingerprint density at radius 2 is 2.00 bits per heavy atom. The fraction of sp³-hybridized carbons (Fsp3) is 0.625. The quantitative estimate of drug-likeness (QED) is 0.693. The average molecular weight is 264 g/mol. The van der Waals surface area contributed by atoms with E-state index in [0.29, 0.717) is 0 Å². The van der Waals surface area contributed by atoms with Crippen LogP contribution in [0.5, 0.6) is 5.75 Å². The summed E-state index contributed by atoms with van der Waals surface area (Å²) in [5.74, 6) is 1.74. The third-order valence-electron chi connectivity index (χ3n) is 3.02. The van der Waals surface area contributed by atoms with Crippen molar-refractivity contribution in [3.8, 4) is 5.75 Å². The van der Waals surface area contributed by atoms with Crippen molar-refractivity contribution in [3.63, 3.8) is 0 Å². The van der Waals surface area contributed by atoms with Gasteiger partial charge in [-0.1, -0.05) is 19.9 Å². The van der Waals surface area contributed by atoms with Crippen LogP contribution in [0.3, 0.4) is 0 Å². The van der Waals surface area contributed by atoms with Gasteiger partial charge in [0.1, 0.15) is 12.4 Å². The lowest BCUT2D eigenvalue weighted by atomic mass is 10.1. The van der Waals surface area contributed by atoms with Crippen LogP contribution in [0.25, 0.3) is 0 Å². The predicted octanol–water partition coefficient (Wildman–Crippen LogP) is 3.16. The molecule has 0 radical (unpaired) electrons. The highest BCUT2D eigenvalue weighted by molar-refractivity contribution is 5.49. The SMILES string of the molecule is CC(C)CCCNCCOc1cccc(N(C)C)c1. The smallest absolute Gasteiger partial charge is 0.121 e. The molecule has 1 rings (SSSR count). The largest absolute Gasteiger partial charge is 0.492 e. The van der Waals surface area contributed by atoms with Gasteiger partial charge in [-0.3, -0.25) is 0 Å². The van der Waals surface area contributed by atoms with Crippen molar-refractivity contribution in [1.82, 2.24) is 5.32 Å². The maximum atomic E-state index is 5.74. The van der Waals surface area contributed by atoms with E-state index in [-0.39, 0.29) is 0 Å². The fourth-order valence-corrected chi connectivity index (χ4v) is 1.85. The zero-order chi connectivity index (χ0) is 14.1. The maximum Gasteiger partial charge on any atom is 0.121 e. The molecule has 0 aliphatic rings. The molecule has 108 valence electrons. The van der Waals surface area contributed by atoms with E-state index in [1.54, 1.807) is 0 Å². The molecule has 0 fully saturated rings. The Morgan fingerprint density at radius 1 is 1.21 bits per heavy atom. The highest BCUT2D eigenvalue weighted by Gasteiger charge is 1.98. The van der Waals surface area contributed by atoms with E-state index in [0.717, 1.165) is 31.4 Å². The number of hydrogen-bond acceptors (Lipinski definition) is 3. The van der Waals surface area contributed by atoms with Crippen LogP contribution in [0.15, 0.2) is 24.3 Å². The molecule has 19 heavy (non-hydrogen) atoms. The molecule has 1 N–H and O–H groups in total. The van der Waals surface area contributed by atoms with Crippen molar-refractivity contribution < 1.29 is 4.74 Å². The monoisotopic (exact) mass is 264 g/mol. The molecular formula is C16H28N2O. The van der Waals surface area contributed by atoms with Gasteiger partial charge in [0, 0.05) is 32.4 Å².